The van der Waals surface area contributed by atoms with Crippen molar-refractivity contribution in [1.82, 2.24) is 9.66 Å². The van der Waals surface area contributed by atoms with Crippen LogP contribution in [-0.4, -0.2) is 15.9 Å². The molecule has 0 radical (unpaired) electrons. The van der Waals surface area contributed by atoms with Gasteiger partial charge in [-0.2, -0.15) is 15.0 Å². The molecule has 1 aliphatic carbocycles. The Morgan fingerprint density at radius 2 is 2.13 bits per heavy atom. The van der Waals surface area contributed by atoms with Gasteiger partial charge in [-0.3, -0.25) is 4.79 Å². The summed E-state index contributed by atoms with van der Waals surface area (Å²) < 4.78 is 1.28. The van der Waals surface area contributed by atoms with Gasteiger partial charge in [-0.15, -0.1) is 11.3 Å². The van der Waals surface area contributed by atoms with Crippen molar-refractivity contribution in [2.75, 3.05) is 0 Å². The Kier molecular flexibility index (Phi) is 3.28. The van der Waals surface area contributed by atoms with Crippen LogP contribution in [0.2, 0.25) is 0 Å². The lowest BCUT2D eigenvalue weighted by molar-refractivity contribution is 0.816. The number of aryl methyl sites for hydroxylation is 2. The number of fused-ring (bicyclic) bond motifs is 3. The molecule has 0 aliphatic heterocycles. The van der Waals surface area contributed by atoms with E-state index in [-0.39, 0.29) is 5.56 Å². The van der Waals surface area contributed by atoms with Crippen LogP contribution >= 0.6 is 11.3 Å². The number of benzene rings is 1. The SMILES string of the molecule is N#Cc1ccc(/C=N/n2cnc3sc4c(c3c2=O)CCC4)cc1. The fraction of sp³-hybridized carbons (Fsp3) is 0.176. The molecule has 6 heteroatoms. The third-order valence-corrected chi connectivity index (χ3v) is 5.18. The van der Waals surface area contributed by atoms with E-state index in [9.17, 15) is 4.79 Å². The molecular weight excluding hydrogens is 308 g/mol. The van der Waals surface area contributed by atoms with Crippen LogP contribution in [-0.2, 0) is 12.8 Å². The Morgan fingerprint density at radius 3 is 2.91 bits per heavy atom. The van der Waals surface area contributed by atoms with Crippen LogP contribution < -0.4 is 5.56 Å². The predicted octanol–water partition coefficient (Wildman–Crippen LogP) is 2.70. The first kappa shape index (κ1) is 13.9. The largest absolute Gasteiger partial charge is 0.282 e. The van der Waals surface area contributed by atoms with E-state index in [1.807, 2.05) is 0 Å². The van der Waals surface area contributed by atoms with E-state index in [0.29, 0.717) is 5.56 Å². The third kappa shape index (κ3) is 2.35. The van der Waals surface area contributed by atoms with Gasteiger partial charge in [0.2, 0.25) is 0 Å². The molecule has 0 saturated heterocycles. The Hall–Kier alpha value is -2.78. The third-order valence-electron chi connectivity index (χ3n) is 3.98. The quantitative estimate of drug-likeness (QED) is 0.682. The molecule has 3 aromatic rings. The van der Waals surface area contributed by atoms with E-state index in [1.54, 1.807) is 41.8 Å². The van der Waals surface area contributed by atoms with Crippen LogP contribution in [0, 0.1) is 11.3 Å². The van der Waals surface area contributed by atoms with Gasteiger partial charge in [0.15, 0.2) is 0 Å². The van der Waals surface area contributed by atoms with Gasteiger partial charge >= 0.3 is 0 Å². The van der Waals surface area contributed by atoms with Gasteiger partial charge in [0.1, 0.15) is 11.2 Å². The van der Waals surface area contributed by atoms with Gasteiger partial charge in [-0.1, -0.05) is 12.1 Å². The van der Waals surface area contributed by atoms with Gasteiger partial charge in [0.05, 0.1) is 23.2 Å². The molecule has 0 fully saturated rings. The van der Waals surface area contributed by atoms with Crippen LogP contribution in [0.4, 0.5) is 0 Å². The van der Waals surface area contributed by atoms with Crippen molar-refractivity contribution in [1.29, 1.82) is 5.26 Å². The van der Waals surface area contributed by atoms with Gasteiger partial charge in [-0.05, 0) is 42.5 Å². The van der Waals surface area contributed by atoms with Crippen LogP contribution in [0.3, 0.4) is 0 Å². The van der Waals surface area contributed by atoms with Gasteiger partial charge < -0.3 is 0 Å². The van der Waals surface area contributed by atoms with Gasteiger partial charge in [-0.25, -0.2) is 4.98 Å². The molecule has 0 saturated carbocycles. The summed E-state index contributed by atoms with van der Waals surface area (Å²) in [5.74, 6) is 0. The van der Waals surface area contributed by atoms with Gasteiger partial charge in [0.25, 0.3) is 5.56 Å². The van der Waals surface area contributed by atoms with Crippen molar-refractivity contribution >= 4 is 27.8 Å². The lowest BCUT2D eigenvalue weighted by Gasteiger charge is -1.99. The van der Waals surface area contributed by atoms with E-state index in [1.165, 1.54) is 15.9 Å². The zero-order chi connectivity index (χ0) is 15.8. The summed E-state index contributed by atoms with van der Waals surface area (Å²) in [5.41, 5.74) is 2.47. The zero-order valence-electron chi connectivity index (χ0n) is 12.2. The highest BCUT2D eigenvalue weighted by atomic mass is 32.1. The first-order valence-electron chi connectivity index (χ1n) is 7.32. The van der Waals surface area contributed by atoms with Crippen LogP contribution in [0.15, 0.2) is 40.5 Å². The molecule has 4 rings (SSSR count). The summed E-state index contributed by atoms with van der Waals surface area (Å²) in [4.78, 5) is 19.1. The number of rotatable bonds is 2. The summed E-state index contributed by atoms with van der Waals surface area (Å²) in [6.45, 7) is 0. The fourth-order valence-electron chi connectivity index (χ4n) is 2.83. The molecule has 0 N–H and O–H groups in total. The van der Waals surface area contributed by atoms with Crippen LogP contribution in [0.5, 0.6) is 0 Å². The van der Waals surface area contributed by atoms with Crippen molar-refractivity contribution in [2.45, 2.75) is 19.3 Å². The Morgan fingerprint density at radius 1 is 1.30 bits per heavy atom. The molecule has 23 heavy (non-hydrogen) atoms. The molecule has 0 spiro atoms. The van der Waals surface area contributed by atoms with Crippen molar-refractivity contribution < 1.29 is 0 Å². The highest BCUT2D eigenvalue weighted by Crippen LogP contribution is 2.34. The van der Waals surface area contributed by atoms with E-state index in [2.05, 4.69) is 16.2 Å². The lowest BCUT2D eigenvalue weighted by atomic mass is 10.2. The monoisotopic (exact) mass is 320 g/mol. The second-order valence-electron chi connectivity index (χ2n) is 5.41. The van der Waals surface area contributed by atoms with Crippen molar-refractivity contribution in [3.05, 3.63) is 62.5 Å². The second-order valence-corrected chi connectivity index (χ2v) is 6.49. The number of hydrogen-bond donors (Lipinski definition) is 0. The number of hydrogen-bond acceptors (Lipinski definition) is 5. The first-order valence-corrected chi connectivity index (χ1v) is 8.14. The number of aromatic nitrogens is 2. The zero-order valence-corrected chi connectivity index (χ0v) is 13.0. The summed E-state index contributed by atoms with van der Waals surface area (Å²) in [7, 11) is 0. The van der Waals surface area contributed by atoms with Crippen molar-refractivity contribution in [3.8, 4) is 6.07 Å². The van der Waals surface area contributed by atoms with Crippen molar-refractivity contribution in [2.24, 2.45) is 5.10 Å². The normalized spacial score (nSPS) is 13.5. The Balaban J connectivity index is 1.74. The fourth-order valence-corrected chi connectivity index (χ4v) is 4.05. The molecule has 5 nitrogen and oxygen atoms in total. The molecule has 0 atom stereocenters. The maximum atomic E-state index is 12.6. The summed E-state index contributed by atoms with van der Waals surface area (Å²) >= 11 is 1.62. The second kappa shape index (κ2) is 5.45. The Labute approximate surface area is 136 Å². The van der Waals surface area contributed by atoms with Crippen molar-refractivity contribution in [3.63, 3.8) is 0 Å². The number of thiophene rings is 1. The summed E-state index contributed by atoms with van der Waals surface area (Å²) in [6.07, 6.45) is 6.18. The minimum absolute atomic E-state index is 0.112. The maximum absolute atomic E-state index is 12.6. The average molecular weight is 320 g/mol. The molecule has 112 valence electrons. The van der Waals surface area contributed by atoms with Crippen LogP contribution in [0.1, 0.15) is 28.0 Å². The Bertz CT molecular complexity index is 1020. The summed E-state index contributed by atoms with van der Waals surface area (Å²) in [6, 6.07) is 9.09. The molecule has 2 heterocycles. The molecular formula is C17H12N4OS. The number of nitriles is 1. The molecule has 0 amide bonds. The molecule has 1 aromatic carbocycles. The average Bonchev–Trinajstić information content (AvgIpc) is 3.15. The minimum Gasteiger partial charge on any atom is -0.267 e. The maximum Gasteiger partial charge on any atom is 0.282 e. The molecule has 0 bridgehead atoms. The smallest absolute Gasteiger partial charge is 0.267 e. The topological polar surface area (TPSA) is 71.0 Å². The highest BCUT2D eigenvalue weighted by molar-refractivity contribution is 7.18. The van der Waals surface area contributed by atoms with Crippen LogP contribution in [0.25, 0.3) is 10.2 Å². The molecule has 1 aliphatic rings. The number of nitrogens with zero attached hydrogens (tertiary/aromatic N) is 4. The van der Waals surface area contributed by atoms with Gasteiger partial charge in [0, 0.05) is 4.88 Å². The lowest BCUT2D eigenvalue weighted by Crippen LogP contribution is -2.17. The van der Waals surface area contributed by atoms with E-state index in [0.717, 1.165) is 40.6 Å². The molecule has 2 aromatic heterocycles. The van der Waals surface area contributed by atoms with E-state index < -0.39 is 0 Å². The van der Waals surface area contributed by atoms with E-state index in [4.69, 9.17) is 5.26 Å². The first-order chi connectivity index (χ1) is 11.3. The standard InChI is InChI=1S/C17H12N4OS/c18-8-11-4-6-12(7-5-11)9-20-21-10-19-16-15(17(21)22)13-2-1-3-14(13)23-16/h4-7,9-10H,1-3H2/b20-9+. The van der Waals surface area contributed by atoms with E-state index >= 15 is 0 Å². The highest BCUT2D eigenvalue weighted by Gasteiger charge is 2.21. The summed E-state index contributed by atoms with van der Waals surface area (Å²) in [5, 5.41) is 13.7. The predicted molar refractivity (Wildman–Crippen MR) is 90.1 cm³/mol. The minimum atomic E-state index is -0.112. The molecule has 0 unspecified atom stereocenters.